The third-order valence-corrected chi connectivity index (χ3v) is 5.55. The molecule has 0 aliphatic rings. The van der Waals surface area contributed by atoms with Crippen LogP contribution in [0.15, 0.2) is 81.1 Å². The van der Waals surface area contributed by atoms with Crippen LogP contribution in [0, 0.1) is 0 Å². The van der Waals surface area contributed by atoms with Crippen LogP contribution in [0.2, 0.25) is 0 Å². The Morgan fingerprint density at radius 3 is 2.50 bits per heavy atom. The van der Waals surface area contributed by atoms with E-state index < -0.39 is 0 Å². The van der Waals surface area contributed by atoms with Gasteiger partial charge in [0.2, 0.25) is 5.91 Å². The molecule has 1 amide bonds. The van der Waals surface area contributed by atoms with Crippen LogP contribution in [0.3, 0.4) is 0 Å². The number of furan rings is 2. The molecule has 0 fully saturated rings. The summed E-state index contributed by atoms with van der Waals surface area (Å²) in [5.74, 6) is 2.33. The lowest BCUT2D eigenvalue weighted by Gasteiger charge is -2.21. The quantitative estimate of drug-likeness (QED) is 0.370. The SMILES string of the molecule is CCn1c(SCC(=O)N(Cc2ccccc2)Cc2ccco2)nnc1-c1ccco1. The van der Waals surface area contributed by atoms with Gasteiger partial charge in [0.15, 0.2) is 16.7 Å². The molecule has 0 aliphatic carbocycles. The molecule has 1 aromatic carbocycles. The van der Waals surface area contributed by atoms with Gasteiger partial charge in [-0.1, -0.05) is 42.1 Å². The number of rotatable bonds is 9. The second-order valence-corrected chi connectivity index (χ2v) is 7.57. The van der Waals surface area contributed by atoms with Gasteiger partial charge in [-0.05, 0) is 36.8 Å². The fourth-order valence-electron chi connectivity index (χ4n) is 3.11. The molecule has 3 aromatic heterocycles. The molecule has 0 N–H and O–H groups in total. The zero-order valence-corrected chi connectivity index (χ0v) is 17.4. The van der Waals surface area contributed by atoms with Crippen molar-refractivity contribution in [2.75, 3.05) is 5.75 Å². The minimum Gasteiger partial charge on any atom is -0.467 e. The first kappa shape index (κ1) is 20.0. The van der Waals surface area contributed by atoms with Crippen LogP contribution in [0.1, 0.15) is 18.2 Å². The first-order valence-corrected chi connectivity index (χ1v) is 10.7. The second-order valence-electron chi connectivity index (χ2n) is 6.63. The van der Waals surface area contributed by atoms with Crippen LogP contribution in [0.25, 0.3) is 11.6 Å². The number of hydrogen-bond acceptors (Lipinski definition) is 6. The average molecular weight is 423 g/mol. The van der Waals surface area contributed by atoms with E-state index in [1.54, 1.807) is 17.4 Å². The van der Waals surface area contributed by atoms with Gasteiger partial charge in [-0.3, -0.25) is 9.36 Å². The average Bonchev–Trinajstić information content (AvgIpc) is 3.53. The lowest BCUT2D eigenvalue weighted by Crippen LogP contribution is -2.31. The molecule has 0 atom stereocenters. The molecule has 8 heteroatoms. The van der Waals surface area contributed by atoms with Gasteiger partial charge in [0, 0.05) is 13.1 Å². The molecule has 154 valence electrons. The van der Waals surface area contributed by atoms with E-state index in [0.29, 0.717) is 36.4 Å². The van der Waals surface area contributed by atoms with E-state index in [2.05, 4.69) is 10.2 Å². The van der Waals surface area contributed by atoms with E-state index in [9.17, 15) is 4.79 Å². The first-order valence-electron chi connectivity index (χ1n) is 9.68. The van der Waals surface area contributed by atoms with Gasteiger partial charge in [-0.2, -0.15) is 0 Å². The molecule has 0 spiro atoms. The number of thioether (sulfide) groups is 1. The maximum absolute atomic E-state index is 13.1. The molecule has 0 saturated carbocycles. The summed E-state index contributed by atoms with van der Waals surface area (Å²) in [5.41, 5.74) is 1.07. The van der Waals surface area contributed by atoms with E-state index in [1.165, 1.54) is 11.8 Å². The summed E-state index contributed by atoms with van der Waals surface area (Å²) in [4.78, 5) is 14.9. The van der Waals surface area contributed by atoms with Crippen LogP contribution >= 0.6 is 11.8 Å². The van der Waals surface area contributed by atoms with Gasteiger partial charge in [0.25, 0.3) is 0 Å². The molecular weight excluding hydrogens is 400 g/mol. The Bertz CT molecular complexity index is 1060. The fraction of sp³-hybridized carbons (Fsp3) is 0.227. The number of carbonyl (C=O) groups excluding carboxylic acids is 1. The molecule has 0 unspecified atom stereocenters. The zero-order chi connectivity index (χ0) is 20.8. The summed E-state index contributed by atoms with van der Waals surface area (Å²) < 4.78 is 12.9. The third-order valence-electron chi connectivity index (χ3n) is 4.60. The number of hydrogen-bond donors (Lipinski definition) is 0. The number of nitrogens with zero attached hydrogens (tertiary/aromatic N) is 4. The monoisotopic (exact) mass is 422 g/mol. The molecule has 4 rings (SSSR count). The maximum atomic E-state index is 13.1. The Balaban J connectivity index is 1.47. The summed E-state index contributed by atoms with van der Waals surface area (Å²) >= 11 is 1.38. The molecule has 3 heterocycles. The van der Waals surface area contributed by atoms with Gasteiger partial charge in [0.1, 0.15) is 5.76 Å². The molecule has 0 bridgehead atoms. The highest BCUT2D eigenvalue weighted by Gasteiger charge is 2.20. The molecule has 4 aromatic rings. The van der Waals surface area contributed by atoms with Crippen molar-refractivity contribution in [2.45, 2.75) is 31.7 Å². The Labute approximate surface area is 178 Å². The van der Waals surface area contributed by atoms with Crippen LogP contribution < -0.4 is 0 Å². The Morgan fingerprint density at radius 1 is 1.00 bits per heavy atom. The largest absolute Gasteiger partial charge is 0.467 e. The highest BCUT2D eigenvalue weighted by atomic mass is 32.2. The number of benzene rings is 1. The first-order chi connectivity index (χ1) is 14.7. The van der Waals surface area contributed by atoms with Crippen LogP contribution in [0.5, 0.6) is 0 Å². The van der Waals surface area contributed by atoms with Crippen molar-refractivity contribution in [3.05, 3.63) is 78.4 Å². The lowest BCUT2D eigenvalue weighted by molar-refractivity contribution is -0.129. The van der Waals surface area contributed by atoms with Gasteiger partial charge < -0.3 is 13.7 Å². The standard InChI is InChI=1S/C22H22N4O3S/c1-2-26-21(19-11-7-13-29-19)23-24-22(26)30-16-20(27)25(15-18-10-6-12-28-18)14-17-8-4-3-5-9-17/h3-13H,2,14-16H2,1H3. The van der Waals surface area contributed by atoms with Crippen molar-refractivity contribution in [3.8, 4) is 11.6 Å². The van der Waals surface area contributed by atoms with E-state index in [1.807, 2.05) is 66.1 Å². The van der Waals surface area contributed by atoms with E-state index in [0.717, 1.165) is 11.3 Å². The van der Waals surface area contributed by atoms with Crippen molar-refractivity contribution in [3.63, 3.8) is 0 Å². The summed E-state index contributed by atoms with van der Waals surface area (Å²) in [6.45, 7) is 3.62. The van der Waals surface area contributed by atoms with Crippen LogP contribution in [0.4, 0.5) is 0 Å². The molecule has 0 aliphatic heterocycles. The highest BCUT2D eigenvalue weighted by molar-refractivity contribution is 7.99. The molecule has 0 radical (unpaired) electrons. The second kappa shape index (κ2) is 9.49. The van der Waals surface area contributed by atoms with Gasteiger partial charge in [-0.15, -0.1) is 10.2 Å². The third kappa shape index (κ3) is 4.65. The van der Waals surface area contributed by atoms with E-state index >= 15 is 0 Å². The lowest BCUT2D eigenvalue weighted by atomic mass is 10.2. The van der Waals surface area contributed by atoms with Crippen molar-refractivity contribution >= 4 is 17.7 Å². The summed E-state index contributed by atoms with van der Waals surface area (Å²) in [6.07, 6.45) is 3.23. The minimum absolute atomic E-state index is 0.00505. The van der Waals surface area contributed by atoms with E-state index in [-0.39, 0.29) is 11.7 Å². The normalized spacial score (nSPS) is 11.0. The number of amides is 1. The zero-order valence-electron chi connectivity index (χ0n) is 16.6. The molecule has 0 saturated heterocycles. The predicted molar refractivity (Wildman–Crippen MR) is 114 cm³/mol. The van der Waals surface area contributed by atoms with Gasteiger partial charge in [0.05, 0.1) is 24.8 Å². The number of carbonyl (C=O) groups is 1. The smallest absolute Gasteiger partial charge is 0.233 e. The van der Waals surface area contributed by atoms with Gasteiger partial charge >= 0.3 is 0 Å². The van der Waals surface area contributed by atoms with Crippen LogP contribution in [-0.2, 0) is 24.4 Å². The van der Waals surface area contributed by atoms with Gasteiger partial charge in [-0.25, -0.2) is 0 Å². The minimum atomic E-state index is 0.00505. The fourth-order valence-corrected chi connectivity index (χ4v) is 4.02. The molecule has 7 nitrogen and oxygen atoms in total. The van der Waals surface area contributed by atoms with Crippen molar-refractivity contribution in [1.29, 1.82) is 0 Å². The van der Waals surface area contributed by atoms with E-state index in [4.69, 9.17) is 8.83 Å². The maximum Gasteiger partial charge on any atom is 0.233 e. The summed E-state index contributed by atoms with van der Waals surface area (Å²) in [7, 11) is 0. The summed E-state index contributed by atoms with van der Waals surface area (Å²) in [5, 5.41) is 9.19. The Hall–Kier alpha value is -3.26. The Kier molecular flexibility index (Phi) is 6.34. The van der Waals surface area contributed by atoms with Crippen molar-refractivity contribution in [1.82, 2.24) is 19.7 Å². The molecule has 30 heavy (non-hydrogen) atoms. The summed E-state index contributed by atoms with van der Waals surface area (Å²) in [6, 6.07) is 17.3. The number of aromatic nitrogens is 3. The topological polar surface area (TPSA) is 77.3 Å². The van der Waals surface area contributed by atoms with Crippen molar-refractivity contribution < 1.29 is 13.6 Å². The molecular formula is C22H22N4O3S. The highest BCUT2D eigenvalue weighted by Crippen LogP contribution is 2.25. The van der Waals surface area contributed by atoms with Crippen molar-refractivity contribution in [2.24, 2.45) is 0 Å². The Morgan fingerprint density at radius 2 is 1.80 bits per heavy atom. The predicted octanol–water partition coefficient (Wildman–Crippen LogP) is 4.47. The van der Waals surface area contributed by atoms with Crippen LogP contribution in [-0.4, -0.2) is 31.3 Å².